The van der Waals surface area contributed by atoms with E-state index < -0.39 is 17.7 Å². The van der Waals surface area contributed by atoms with Crippen molar-refractivity contribution in [3.63, 3.8) is 0 Å². The zero-order valence-corrected chi connectivity index (χ0v) is 5.16. The molecule has 0 saturated heterocycles. The van der Waals surface area contributed by atoms with Gasteiger partial charge in [-0.2, -0.15) is 5.10 Å². The summed E-state index contributed by atoms with van der Waals surface area (Å²) in [5, 5.41) is 19.2. The van der Waals surface area contributed by atoms with Crippen molar-refractivity contribution in [1.82, 2.24) is 5.43 Å². The third kappa shape index (κ3) is 2.12. The quantitative estimate of drug-likeness (QED) is 0.262. The van der Waals surface area contributed by atoms with E-state index in [9.17, 15) is 9.59 Å². The van der Waals surface area contributed by atoms with Crippen molar-refractivity contribution in [1.29, 1.82) is 0 Å². The van der Waals surface area contributed by atoms with Crippen LogP contribution in [0.2, 0.25) is 0 Å². The maximum atomic E-state index is 9.98. The van der Waals surface area contributed by atoms with Crippen LogP contribution in [0.3, 0.4) is 0 Å². The summed E-state index contributed by atoms with van der Waals surface area (Å²) in [7, 11) is 1.31. The summed E-state index contributed by atoms with van der Waals surface area (Å²) >= 11 is 0. The monoisotopic (exact) mass is 146 g/mol. The van der Waals surface area contributed by atoms with Gasteiger partial charge in [-0.15, -0.1) is 0 Å². The van der Waals surface area contributed by atoms with Gasteiger partial charge in [0.25, 0.3) is 5.71 Å². The van der Waals surface area contributed by atoms with Gasteiger partial charge in [0.05, 0.1) is 0 Å². The van der Waals surface area contributed by atoms with Gasteiger partial charge in [-0.25, -0.2) is 9.59 Å². The van der Waals surface area contributed by atoms with Gasteiger partial charge in [-0.1, -0.05) is 0 Å². The maximum absolute atomic E-state index is 9.98. The number of carbonyl (C=O) groups is 2. The maximum Gasteiger partial charge on any atom is 0.363 e. The van der Waals surface area contributed by atoms with E-state index in [1.165, 1.54) is 7.05 Å². The molecule has 0 rings (SSSR count). The highest BCUT2D eigenvalue weighted by Crippen LogP contribution is 1.76. The molecule has 10 heavy (non-hydrogen) atoms. The Labute approximate surface area is 56.2 Å². The molecule has 0 radical (unpaired) electrons. The summed E-state index contributed by atoms with van der Waals surface area (Å²) in [5.74, 6) is -3.14. The second-order valence-electron chi connectivity index (χ2n) is 1.29. The van der Waals surface area contributed by atoms with Crippen LogP contribution in [-0.4, -0.2) is 34.9 Å². The first-order valence-corrected chi connectivity index (χ1v) is 2.30. The van der Waals surface area contributed by atoms with Crippen LogP contribution in [0.5, 0.6) is 0 Å². The minimum Gasteiger partial charge on any atom is -0.476 e. The van der Waals surface area contributed by atoms with Crippen molar-refractivity contribution >= 4 is 17.7 Å². The molecule has 0 heterocycles. The summed E-state index contributed by atoms with van der Waals surface area (Å²) in [6.07, 6.45) is 0. The SMILES string of the molecule is CNN=C(C(=O)O)C(=O)O. The van der Waals surface area contributed by atoms with Gasteiger partial charge < -0.3 is 15.6 Å². The van der Waals surface area contributed by atoms with Crippen molar-refractivity contribution in [2.45, 2.75) is 0 Å². The molecule has 0 bridgehead atoms. The lowest BCUT2D eigenvalue weighted by Crippen LogP contribution is -2.25. The summed E-state index contributed by atoms with van der Waals surface area (Å²) in [4.78, 5) is 20.0. The van der Waals surface area contributed by atoms with Gasteiger partial charge in [0.15, 0.2) is 0 Å². The molecule has 0 aromatic carbocycles. The summed E-state index contributed by atoms with van der Waals surface area (Å²) < 4.78 is 0. The first-order chi connectivity index (χ1) is 4.59. The first kappa shape index (κ1) is 8.41. The molecule has 6 heteroatoms. The van der Waals surface area contributed by atoms with Gasteiger partial charge in [-0.05, 0) is 0 Å². The van der Waals surface area contributed by atoms with Crippen molar-refractivity contribution in [3.05, 3.63) is 0 Å². The molecule has 0 aliphatic heterocycles. The number of nitrogens with zero attached hydrogens (tertiary/aromatic N) is 1. The lowest BCUT2D eigenvalue weighted by atomic mass is 10.4. The fourth-order valence-electron chi connectivity index (χ4n) is 0.299. The van der Waals surface area contributed by atoms with Crippen LogP contribution in [0.4, 0.5) is 0 Å². The van der Waals surface area contributed by atoms with Gasteiger partial charge in [0, 0.05) is 7.05 Å². The summed E-state index contributed by atoms with van der Waals surface area (Å²) in [6, 6.07) is 0. The Balaban J connectivity index is 4.42. The average molecular weight is 146 g/mol. The predicted octanol–water partition coefficient (Wildman–Crippen LogP) is -1.27. The highest BCUT2D eigenvalue weighted by atomic mass is 16.4. The molecule has 6 nitrogen and oxygen atoms in total. The third-order valence-corrected chi connectivity index (χ3v) is 0.629. The van der Waals surface area contributed by atoms with E-state index in [0.717, 1.165) is 0 Å². The molecular formula is C4H6N2O4. The number of hydrogen-bond donors (Lipinski definition) is 3. The van der Waals surface area contributed by atoms with Crippen LogP contribution < -0.4 is 5.43 Å². The topological polar surface area (TPSA) is 99.0 Å². The Hall–Kier alpha value is -1.59. The second-order valence-corrected chi connectivity index (χ2v) is 1.29. The molecule has 0 fully saturated rings. The van der Waals surface area contributed by atoms with Gasteiger partial charge in [0.1, 0.15) is 0 Å². The smallest absolute Gasteiger partial charge is 0.363 e. The van der Waals surface area contributed by atoms with Crippen molar-refractivity contribution in [3.8, 4) is 0 Å². The van der Waals surface area contributed by atoms with Crippen molar-refractivity contribution in [2.75, 3.05) is 7.05 Å². The molecule has 0 aliphatic carbocycles. The number of nitrogens with one attached hydrogen (secondary N) is 1. The van der Waals surface area contributed by atoms with E-state index in [2.05, 4.69) is 10.5 Å². The van der Waals surface area contributed by atoms with Gasteiger partial charge in [0.2, 0.25) is 0 Å². The van der Waals surface area contributed by atoms with Gasteiger partial charge in [-0.3, -0.25) is 0 Å². The lowest BCUT2D eigenvalue weighted by Gasteiger charge is -1.91. The number of aliphatic carboxylic acids is 2. The van der Waals surface area contributed by atoms with E-state index in [4.69, 9.17) is 10.2 Å². The van der Waals surface area contributed by atoms with Crippen LogP contribution >= 0.6 is 0 Å². The van der Waals surface area contributed by atoms with Crippen molar-refractivity contribution < 1.29 is 19.8 Å². The molecular weight excluding hydrogens is 140 g/mol. The van der Waals surface area contributed by atoms with E-state index in [1.807, 2.05) is 0 Å². The molecule has 0 atom stereocenters. The molecule has 0 aliphatic rings. The third-order valence-electron chi connectivity index (χ3n) is 0.629. The molecule has 0 aromatic rings. The molecule has 3 N–H and O–H groups in total. The predicted molar refractivity (Wildman–Crippen MR) is 31.8 cm³/mol. The lowest BCUT2D eigenvalue weighted by molar-refractivity contribution is -0.134. The Morgan fingerprint density at radius 2 is 1.70 bits per heavy atom. The molecule has 0 saturated carbocycles. The highest BCUT2D eigenvalue weighted by molar-refractivity contribution is 6.61. The van der Waals surface area contributed by atoms with E-state index in [0.29, 0.717) is 0 Å². The van der Waals surface area contributed by atoms with E-state index >= 15 is 0 Å². The molecule has 0 amide bonds. The Morgan fingerprint density at radius 3 is 1.80 bits per heavy atom. The fourth-order valence-corrected chi connectivity index (χ4v) is 0.299. The van der Waals surface area contributed by atoms with E-state index in [1.54, 1.807) is 0 Å². The Morgan fingerprint density at radius 1 is 1.30 bits per heavy atom. The average Bonchev–Trinajstić information content (AvgIpc) is 1.81. The van der Waals surface area contributed by atoms with Crippen LogP contribution in [0, 0.1) is 0 Å². The number of carboxylic acids is 2. The molecule has 0 spiro atoms. The zero-order chi connectivity index (χ0) is 8.15. The minimum absolute atomic E-state index is 0.928. The van der Waals surface area contributed by atoms with E-state index in [-0.39, 0.29) is 0 Å². The fraction of sp³-hybridized carbons (Fsp3) is 0.250. The standard InChI is InChI=1S/C4H6N2O4/c1-5-6-2(3(7)8)4(9)10/h5H,1H3,(H,7,8)(H,9,10). The molecule has 0 aromatic heterocycles. The highest BCUT2D eigenvalue weighted by Gasteiger charge is 2.17. The summed E-state index contributed by atoms with van der Waals surface area (Å²) in [6.45, 7) is 0. The van der Waals surface area contributed by atoms with Crippen LogP contribution in [-0.2, 0) is 9.59 Å². The number of hydrogen-bond acceptors (Lipinski definition) is 4. The zero-order valence-electron chi connectivity index (χ0n) is 5.16. The van der Waals surface area contributed by atoms with Crippen molar-refractivity contribution in [2.24, 2.45) is 5.10 Å². The number of carboxylic acid groups (broad SMARTS) is 2. The number of rotatable bonds is 3. The summed E-state index contributed by atoms with van der Waals surface area (Å²) in [5.41, 5.74) is 1.13. The number of hydrazone groups is 1. The second kappa shape index (κ2) is 3.44. The van der Waals surface area contributed by atoms with Crippen LogP contribution in [0.15, 0.2) is 5.10 Å². The largest absolute Gasteiger partial charge is 0.476 e. The normalized spacial score (nSPS) is 8.10. The van der Waals surface area contributed by atoms with Gasteiger partial charge >= 0.3 is 11.9 Å². The minimum atomic E-state index is -1.57. The Bertz CT molecular complexity index is 170. The first-order valence-electron chi connectivity index (χ1n) is 2.30. The van der Waals surface area contributed by atoms with Crippen LogP contribution in [0.1, 0.15) is 0 Å². The Kier molecular flexibility index (Phi) is 2.89. The molecule has 0 unspecified atom stereocenters. The van der Waals surface area contributed by atoms with Crippen LogP contribution in [0.25, 0.3) is 0 Å². The molecule has 56 valence electrons.